The Morgan fingerprint density at radius 2 is 1.81 bits per heavy atom. The van der Waals surface area contributed by atoms with Gasteiger partial charge in [0.05, 0.1) is 24.8 Å². The van der Waals surface area contributed by atoms with E-state index in [9.17, 15) is 14.4 Å². The summed E-state index contributed by atoms with van der Waals surface area (Å²) in [6.07, 6.45) is 4.64. The van der Waals surface area contributed by atoms with Crippen LogP contribution in [0.3, 0.4) is 0 Å². The standard InChI is InChI=1S/C23H27N5O4/c1-2-20(29)27-9-3-4-18(14-27)28-15-19(22(24)30)21(25-28)16-5-7-17(8-6-16)23(31)26-10-12-32-13-11-26/h2,5-8,15,18H,1,3-4,9-14H2,(H2,24,30). The molecule has 9 heteroatoms. The number of nitrogens with two attached hydrogens (primary N) is 1. The third-order valence-electron chi connectivity index (χ3n) is 5.96. The van der Waals surface area contributed by atoms with E-state index in [0.717, 1.165) is 12.8 Å². The molecule has 3 amide bonds. The normalized spacial score (nSPS) is 18.9. The van der Waals surface area contributed by atoms with Gasteiger partial charge in [-0.3, -0.25) is 19.1 Å². The minimum atomic E-state index is -0.574. The topological polar surface area (TPSA) is 111 Å². The quantitative estimate of drug-likeness (QED) is 0.712. The lowest BCUT2D eigenvalue weighted by Crippen LogP contribution is -2.40. The van der Waals surface area contributed by atoms with Gasteiger partial charge in [0.2, 0.25) is 5.91 Å². The number of ether oxygens (including phenoxy) is 1. The highest BCUT2D eigenvalue weighted by molar-refractivity contribution is 5.99. The number of morpholine rings is 1. The van der Waals surface area contributed by atoms with Gasteiger partial charge in [-0.2, -0.15) is 5.10 Å². The molecule has 2 saturated heterocycles. The molecule has 1 aromatic carbocycles. The van der Waals surface area contributed by atoms with Gasteiger partial charge in [0.1, 0.15) is 5.69 Å². The summed E-state index contributed by atoms with van der Waals surface area (Å²) < 4.78 is 7.03. The van der Waals surface area contributed by atoms with E-state index in [1.165, 1.54) is 6.08 Å². The lowest BCUT2D eigenvalue weighted by molar-refractivity contribution is -0.127. The van der Waals surface area contributed by atoms with E-state index in [0.29, 0.717) is 61.8 Å². The number of nitrogens with zero attached hydrogens (tertiary/aromatic N) is 4. The number of piperidine rings is 1. The van der Waals surface area contributed by atoms with E-state index in [1.54, 1.807) is 44.9 Å². The number of primary amides is 1. The van der Waals surface area contributed by atoms with Gasteiger partial charge in [0.25, 0.3) is 11.8 Å². The van der Waals surface area contributed by atoms with E-state index in [2.05, 4.69) is 11.7 Å². The van der Waals surface area contributed by atoms with E-state index >= 15 is 0 Å². The van der Waals surface area contributed by atoms with Crippen molar-refractivity contribution in [1.29, 1.82) is 0 Å². The van der Waals surface area contributed by atoms with Gasteiger partial charge >= 0.3 is 0 Å². The van der Waals surface area contributed by atoms with Crippen LogP contribution in [-0.4, -0.2) is 76.7 Å². The van der Waals surface area contributed by atoms with Crippen LogP contribution in [0.1, 0.15) is 39.6 Å². The van der Waals surface area contributed by atoms with Crippen LogP contribution < -0.4 is 5.73 Å². The lowest BCUT2D eigenvalue weighted by atomic mass is 10.0. The first-order chi connectivity index (χ1) is 15.5. The molecule has 1 unspecified atom stereocenters. The van der Waals surface area contributed by atoms with E-state index in [-0.39, 0.29) is 17.9 Å². The minimum Gasteiger partial charge on any atom is -0.378 e. The Morgan fingerprint density at radius 1 is 1.09 bits per heavy atom. The summed E-state index contributed by atoms with van der Waals surface area (Å²) in [6, 6.07) is 6.98. The van der Waals surface area contributed by atoms with Crippen molar-refractivity contribution in [3.05, 3.63) is 54.2 Å². The molecule has 0 saturated carbocycles. The molecule has 9 nitrogen and oxygen atoms in total. The fourth-order valence-corrected chi connectivity index (χ4v) is 4.19. The Kier molecular flexibility index (Phi) is 6.36. The number of hydrogen-bond donors (Lipinski definition) is 1. The second-order valence-electron chi connectivity index (χ2n) is 8.00. The molecule has 2 N–H and O–H groups in total. The van der Waals surface area contributed by atoms with Crippen LogP contribution in [0.15, 0.2) is 43.1 Å². The molecule has 2 aliphatic rings. The highest BCUT2D eigenvalue weighted by Gasteiger charge is 2.26. The Balaban J connectivity index is 1.57. The predicted octanol–water partition coefficient (Wildman–Crippen LogP) is 1.47. The molecule has 0 radical (unpaired) electrons. The van der Waals surface area contributed by atoms with E-state index in [4.69, 9.17) is 10.5 Å². The molecule has 0 spiro atoms. The molecule has 4 rings (SSSR count). The number of hydrogen-bond acceptors (Lipinski definition) is 5. The van der Waals surface area contributed by atoms with Crippen LogP contribution in [0.4, 0.5) is 0 Å². The maximum absolute atomic E-state index is 12.7. The predicted molar refractivity (Wildman–Crippen MR) is 118 cm³/mol. The van der Waals surface area contributed by atoms with Crippen molar-refractivity contribution in [3.8, 4) is 11.3 Å². The molecular weight excluding hydrogens is 410 g/mol. The van der Waals surface area contributed by atoms with Gasteiger partial charge < -0.3 is 20.3 Å². The maximum atomic E-state index is 12.7. The van der Waals surface area contributed by atoms with Crippen molar-refractivity contribution >= 4 is 17.7 Å². The van der Waals surface area contributed by atoms with Crippen molar-refractivity contribution in [1.82, 2.24) is 19.6 Å². The summed E-state index contributed by atoms with van der Waals surface area (Å²) in [5.74, 6) is -0.734. The van der Waals surface area contributed by atoms with Crippen molar-refractivity contribution in [2.24, 2.45) is 5.73 Å². The Hall–Kier alpha value is -3.46. The number of rotatable bonds is 5. The summed E-state index contributed by atoms with van der Waals surface area (Å²) in [5.41, 5.74) is 7.67. The number of benzene rings is 1. The first-order valence-corrected chi connectivity index (χ1v) is 10.8. The first kappa shape index (κ1) is 21.8. The average Bonchev–Trinajstić information content (AvgIpc) is 3.30. The third kappa shape index (κ3) is 4.43. The van der Waals surface area contributed by atoms with Gasteiger partial charge in [0, 0.05) is 43.5 Å². The van der Waals surface area contributed by atoms with Crippen molar-refractivity contribution in [3.63, 3.8) is 0 Å². The lowest BCUT2D eigenvalue weighted by Gasteiger charge is -2.32. The summed E-state index contributed by atoms with van der Waals surface area (Å²) in [7, 11) is 0. The van der Waals surface area contributed by atoms with Gasteiger partial charge in [-0.05, 0) is 31.1 Å². The van der Waals surface area contributed by atoms with Crippen molar-refractivity contribution < 1.29 is 19.1 Å². The summed E-state index contributed by atoms with van der Waals surface area (Å²) >= 11 is 0. The highest BCUT2D eigenvalue weighted by atomic mass is 16.5. The Labute approximate surface area is 186 Å². The number of carbonyl (C=O) groups excluding carboxylic acids is 3. The van der Waals surface area contributed by atoms with Crippen molar-refractivity contribution in [2.45, 2.75) is 18.9 Å². The zero-order valence-corrected chi connectivity index (χ0v) is 17.9. The van der Waals surface area contributed by atoms with Gasteiger partial charge in [-0.25, -0.2) is 0 Å². The van der Waals surface area contributed by atoms with E-state index in [1.807, 2.05) is 0 Å². The van der Waals surface area contributed by atoms with Crippen LogP contribution in [0.25, 0.3) is 11.3 Å². The van der Waals surface area contributed by atoms with Gasteiger partial charge in [-0.1, -0.05) is 18.7 Å². The van der Waals surface area contributed by atoms with Gasteiger partial charge in [0.15, 0.2) is 0 Å². The van der Waals surface area contributed by atoms with Gasteiger partial charge in [-0.15, -0.1) is 0 Å². The highest BCUT2D eigenvalue weighted by Crippen LogP contribution is 2.27. The zero-order valence-electron chi connectivity index (χ0n) is 17.9. The van der Waals surface area contributed by atoms with Crippen LogP contribution >= 0.6 is 0 Å². The summed E-state index contributed by atoms with van der Waals surface area (Å²) in [4.78, 5) is 40.3. The fraction of sp³-hybridized carbons (Fsp3) is 0.391. The molecule has 2 fully saturated rings. The smallest absolute Gasteiger partial charge is 0.254 e. The molecule has 168 valence electrons. The third-order valence-corrected chi connectivity index (χ3v) is 5.96. The largest absolute Gasteiger partial charge is 0.378 e. The van der Waals surface area contributed by atoms with E-state index < -0.39 is 5.91 Å². The van der Waals surface area contributed by atoms with Crippen LogP contribution in [-0.2, 0) is 9.53 Å². The molecule has 2 aliphatic heterocycles. The maximum Gasteiger partial charge on any atom is 0.254 e. The first-order valence-electron chi connectivity index (χ1n) is 10.8. The average molecular weight is 438 g/mol. The molecule has 1 aromatic heterocycles. The molecule has 2 aromatic rings. The molecule has 0 bridgehead atoms. The molecule has 32 heavy (non-hydrogen) atoms. The number of amides is 3. The number of carbonyl (C=O) groups is 3. The zero-order chi connectivity index (χ0) is 22.7. The van der Waals surface area contributed by atoms with Crippen LogP contribution in [0, 0.1) is 0 Å². The fourth-order valence-electron chi connectivity index (χ4n) is 4.19. The Morgan fingerprint density at radius 3 is 2.47 bits per heavy atom. The molecular formula is C23H27N5O4. The molecule has 0 aliphatic carbocycles. The Bertz CT molecular complexity index is 1020. The molecule has 1 atom stereocenters. The van der Waals surface area contributed by atoms with Crippen LogP contribution in [0.5, 0.6) is 0 Å². The second-order valence-corrected chi connectivity index (χ2v) is 8.00. The monoisotopic (exact) mass is 437 g/mol. The SMILES string of the molecule is C=CC(=O)N1CCCC(n2cc(C(N)=O)c(-c3ccc(C(=O)N4CCOCC4)cc3)n2)C1. The second kappa shape index (κ2) is 9.35. The summed E-state index contributed by atoms with van der Waals surface area (Å²) in [6.45, 7) is 6.96. The summed E-state index contributed by atoms with van der Waals surface area (Å²) in [5, 5.41) is 4.65. The molecule has 3 heterocycles. The number of aromatic nitrogens is 2. The van der Waals surface area contributed by atoms with Crippen molar-refractivity contribution in [2.75, 3.05) is 39.4 Å². The number of likely N-dealkylation sites (tertiary alicyclic amines) is 1. The minimum absolute atomic E-state index is 0.0466. The van der Waals surface area contributed by atoms with Crippen LogP contribution in [0.2, 0.25) is 0 Å².